The second-order valence-electron chi connectivity index (χ2n) is 4.11. The number of carbonyl (C=O) groups excluding carboxylic acids is 1. The van der Waals surface area contributed by atoms with E-state index in [1.807, 2.05) is 6.07 Å². The third-order valence-corrected chi connectivity index (χ3v) is 3.05. The van der Waals surface area contributed by atoms with Crippen LogP contribution in [0.4, 0.5) is 0 Å². The van der Waals surface area contributed by atoms with Crippen molar-refractivity contribution in [1.82, 2.24) is 9.47 Å². The van der Waals surface area contributed by atoms with Crippen LogP contribution in [0.5, 0.6) is 0 Å². The monoisotopic (exact) mass is 268 g/mol. The van der Waals surface area contributed by atoms with Crippen molar-refractivity contribution >= 4 is 28.6 Å². The summed E-state index contributed by atoms with van der Waals surface area (Å²) >= 11 is 5.48. The zero-order chi connectivity index (χ0) is 13.3. The van der Waals surface area contributed by atoms with E-state index in [4.69, 9.17) is 16.0 Å². The fraction of sp³-hybridized carbons (Fsp3) is 0.333. The maximum absolute atomic E-state index is 11.4. The summed E-state index contributed by atoms with van der Waals surface area (Å²) in [5.74, 6) is -0.585. The Morgan fingerprint density at radius 3 is 2.89 bits per heavy atom. The predicted molar refractivity (Wildman–Crippen MR) is 68.6 cm³/mol. The van der Waals surface area contributed by atoms with Gasteiger partial charge in [-0.2, -0.15) is 0 Å². The Morgan fingerprint density at radius 2 is 2.22 bits per heavy atom. The van der Waals surface area contributed by atoms with E-state index in [0.29, 0.717) is 12.1 Å². The van der Waals surface area contributed by atoms with Crippen molar-refractivity contribution < 1.29 is 9.21 Å². The van der Waals surface area contributed by atoms with Gasteiger partial charge in [0.25, 0.3) is 0 Å². The molecule has 1 aromatic heterocycles. The van der Waals surface area contributed by atoms with Crippen LogP contribution in [-0.4, -0.2) is 28.3 Å². The number of fused-ring (bicyclic) bond motifs is 1. The first-order chi connectivity index (χ1) is 8.52. The van der Waals surface area contributed by atoms with E-state index in [1.54, 1.807) is 26.2 Å². The molecule has 0 fully saturated rings. The highest BCUT2D eigenvalue weighted by molar-refractivity contribution is 6.27. The molecule has 0 N–H and O–H groups in total. The van der Waals surface area contributed by atoms with Gasteiger partial charge in [0, 0.05) is 20.6 Å². The van der Waals surface area contributed by atoms with E-state index in [0.717, 1.165) is 11.1 Å². The number of amides is 1. The topological polar surface area (TPSA) is 55.5 Å². The average Bonchev–Trinajstić information content (AvgIpc) is 2.63. The molecule has 0 aliphatic carbocycles. The lowest BCUT2D eigenvalue weighted by molar-refractivity contribution is -0.127. The van der Waals surface area contributed by atoms with Crippen molar-refractivity contribution in [2.45, 2.75) is 6.54 Å². The van der Waals surface area contributed by atoms with Gasteiger partial charge >= 0.3 is 5.76 Å². The minimum atomic E-state index is -0.396. The Labute approximate surface area is 109 Å². The highest BCUT2D eigenvalue weighted by Crippen LogP contribution is 2.15. The Bertz CT molecular complexity index is 644. The minimum Gasteiger partial charge on any atom is -0.408 e. The molecule has 1 aromatic carbocycles. The van der Waals surface area contributed by atoms with E-state index >= 15 is 0 Å². The second kappa shape index (κ2) is 4.86. The maximum Gasteiger partial charge on any atom is 0.419 e. The lowest BCUT2D eigenvalue weighted by atomic mass is 10.2. The summed E-state index contributed by atoms with van der Waals surface area (Å²) < 4.78 is 6.52. The number of rotatable bonds is 3. The van der Waals surface area contributed by atoms with Crippen molar-refractivity contribution in [3.63, 3.8) is 0 Å². The lowest BCUT2D eigenvalue weighted by Crippen LogP contribution is -2.27. The molecule has 0 spiro atoms. The van der Waals surface area contributed by atoms with E-state index in [-0.39, 0.29) is 11.8 Å². The number of aromatic nitrogens is 1. The van der Waals surface area contributed by atoms with Crippen LogP contribution in [0, 0.1) is 0 Å². The fourth-order valence-electron chi connectivity index (χ4n) is 1.74. The Kier molecular flexibility index (Phi) is 3.43. The van der Waals surface area contributed by atoms with E-state index in [1.165, 1.54) is 9.47 Å². The second-order valence-corrected chi connectivity index (χ2v) is 4.38. The first-order valence-corrected chi connectivity index (χ1v) is 5.94. The van der Waals surface area contributed by atoms with Crippen LogP contribution in [0.25, 0.3) is 11.1 Å². The summed E-state index contributed by atoms with van der Waals surface area (Å²) in [6, 6.07) is 5.42. The normalized spacial score (nSPS) is 10.8. The zero-order valence-corrected chi connectivity index (χ0v) is 10.9. The maximum atomic E-state index is 11.4. The summed E-state index contributed by atoms with van der Waals surface area (Å²) in [5, 5.41) is 0. The van der Waals surface area contributed by atoms with Crippen molar-refractivity contribution in [3.05, 3.63) is 34.3 Å². The molecule has 96 valence electrons. The first-order valence-electron chi connectivity index (χ1n) is 5.41. The van der Waals surface area contributed by atoms with Gasteiger partial charge in [-0.1, -0.05) is 6.07 Å². The molecule has 6 heteroatoms. The minimum absolute atomic E-state index is 0.0425. The van der Waals surface area contributed by atoms with Crippen molar-refractivity contribution in [2.24, 2.45) is 7.05 Å². The third-order valence-electron chi connectivity index (χ3n) is 2.82. The van der Waals surface area contributed by atoms with Crippen LogP contribution in [0.2, 0.25) is 0 Å². The van der Waals surface area contributed by atoms with Gasteiger partial charge in [-0.15, -0.1) is 11.6 Å². The van der Waals surface area contributed by atoms with Crippen LogP contribution < -0.4 is 5.76 Å². The lowest BCUT2D eigenvalue weighted by Gasteiger charge is -2.15. The Morgan fingerprint density at radius 1 is 1.50 bits per heavy atom. The van der Waals surface area contributed by atoms with Crippen LogP contribution >= 0.6 is 11.6 Å². The van der Waals surface area contributed by atoms with Crippen molar-refractivity contribution in [1.29, 1.82) is 0 Å². The van der Waals surface area contributed by atoms with Gasteiger partial charge in [-0.3, -0.25) is 9.36 Å². The molecule has 0 radical (unpaired) electrons. The molecular weight excluding hydrogens is 256 g/mol. The smallest absolute Gasteiger partial charge is 0.408 e. The Hall–Kier alpha value is -1.75. The molecular formula is C12H13ClN2O3. The van der Waals surface area contributed by atoms with Crippen molar-refractivity contribution in [3.8, 4) is 0 Å². The van der Waals surface area contributed by atoms with Crippen LogP contribution in [-0.2, 0) is 18.4 Å². The van der Waals surface area contributed by atoms with Gasteiger partial charge < -0.3 is 9.32 Å². The molecule has 2 rings (SSSR count). The van der Waals surface area contributed by atoms with Gasteiger partial charge in [0.1, 0.15) is 5.88 Å². The highest BCUT2D eigenvalue weighted by Gasteiger charge is 2.10. The first kappa shape index (κ1) is 12.7. The predicted octanol–water partition coefficient (Wildman–Crippen LogP) is 1.33. The quantitative estimate of drug-likeness (QED) is 0.789. The molecule has 2 aromatic rings. The molecule has 5 nitrogen and oxygen atoms in total. The molecule has 0 aliphatic rings. The zero-order valence-electron chi connectivity index (χ0n) is 10.1. The summed E-state index contributed by atoms with van der Waals surface area (Å²) in [5.41, 5.74) is 2.14. The van der Waals surface area contributed by atoms with Crippen LogP contribution in [0.3, 0.4) is 0 Å². The molecule has 0 saturated heterocycles. The number of halogens is 1. The van der Waals surface area contributed by atoms with Crippen LogP contribution in [0.1, 0.15) is 5.56 Å². The summed E-state index contributed by atoms with van der Waals surface area (Å²) in [7, 11) is 3.33. The number of oxazole rings is 1. The molecule has 0 bridgehead atoms. The number of aryl methyl sites for hydroxylation is 1. The Balaban J connectivity index is 2.31. The number of alkyl halides is 1. The van der Waals surface area contributed by atoms with Gasteiger partial charge in [-0.05, 0) is 17.7 Å². The number of carbonyl (C=O) groups is 1. The van der Waals surface area contributed by atoms with E-state index in [2.05, 4.69) is 0 Å². The van der Waals surface area contributed by atoms with Crippen molar-refractivity contribution in [2.75, 3.05) is 12.9 Å². The highest BCUT2D eigenvalue weighted by atomic mass is 35.5. The summed E-state index contributed by atoms with van der Waals surface area (Å²) in [6.45, 7) is 0.431. The summed E-state index contributed by atoms with van der Waals surface area (Å²) in [4.78, 5) is 24.2. The van der Waals surface area contributed by atoms with Gasteiger partial charge in [-0.25, -0.2) is 4.79 Å². The van der Waals surface area contributed by atoms with E-state index in [9.17, 15) is 9.59 Å². The molecule has 0 saturated carbocycles. The van der Waals surface area contributed by atoms with E-state index < -0.39 is 5.76 Å². The third kappa shape index (κ3) is 2.26. The SMILES string of the molecule is CN(Cc1ccc2c(c1)oc(=O)n2C)C(=O)CCl. The molecule has 0 atom stereocenters. The number of nitrogens with zero attached hydrogens (tertiary/aromatic N) is 2. The fourth-order valence-corrected chi connectivity index (χ4v) is 1.94. The molecule has 18 heavy (non-hydrogen) atoms. The molecule has 1 amide bonds. The molecule has 0 aliphatic heterocycles. The standard InChI is InChI=1S/C12H13ClN2O3/c1-14(11(16)6-13)7-8-3-4-9-10(5-8)18-12(17)15(9)2/h3-5H,6-7H2,1-2H3. The number of hydrogen-bond donors (Lipinski definition) is 0. The largest absolute Gasteiger partial charge is 0.419 e. The van der Waals surface area contributed by atoms with Gasteiger partial charge in [0.2, 0.25) is 5.91 Å². The average molecular weight is 269 g/mol. The van der Waals surface area contributed by atoms with Gasteiger partial charge in [0.05, 0.1) is 5.52 Å². The van der Waals surface area contributed by atoms with Gasteiger partial charge in [0.15, 0.2) is 5.58 Å². The summed E-state index contributed by atoms with van der Waals surface area (Å²) in [6.07, 6.45) is 0. The number of benzene rings is 1. The molecule has 0 unspecified atom stereocenters. The molecule has 1 heterocycles. The number of hydrogen-bond acceptors (Lipinski definition) is 3. The van der Waals surface area contributed by atoms with Crippen LogP contribution in [0.15, 0.2) is 27.4 Å².